The van der Waals surface area contributed by atoms with Crippen LogP contribution in [-0.2, 0) is 14.8 Å². The van der Waals surface area contributed by atoms with Crippen LogP contribution in [0.1, 0.15) is 24.2 Å². The van der Waals surface area contributed by atoms with Crippen molar-refractivity contribution in [2.24, 2.45) is 0 Å². The molecule has 1 amide bonds. The van der Waals surface area contributed by atoms with Crippen LogP contribution in [0, 0.1) is 13.8 Å². The molecule has 0 aliphatic carbocycles. The van der Waals surface area contributed by atoms with Crippen LogP contribution in [0.5, 0.6) is 0 Å². The van der Waals surface area contributed by atoms with Gasteiger partial charge in [-0.2, -0.15) is 8.99 Å². The smallest absolute Gasteiger partial charge is 0.243 e. The van der Waals surface area contributed by atoms with Crippen molar-refractivity contribution in [3.05, 3.63) is 59.9 Å². The van der Waals surface area contributed by atoms with Crippen molar-refractivity contribution in [1.82, 2.24) is 24.5 Å². The van der Waals surface area contributed by atoms with Gasteiger partial charge in [0.1, 0.15) is 6.04 Å². The number of aryl methyl sites for hydroxylation is 2. The Labute approximate surface area is 174 Å². The Hall–Kier alpha value is -3.11. The molecule has 1 aliphatic heterocycles. The second kappa shape index (κ2) is 7.96. The second-order valence-corrected chi connectivity index (χ2v) is 9.15. The van der Waals surface area contributed by atoms with Gasteiger partial charge < -0.3 is 5.32 Å². The normalized spacial score (nSPS) is 17.2. The number of nitrogens with zero attached hydrogens (tertiary/aromatic N) is 5. The monoisotopic (exact) mass is 426 g/mol. The fourth-order valence-corrected chi connectivity index (χ4v) is 5.20. The first kappa shape index (κ1) is 20.2. The molecule has 4 rings (SSSR count). The summed E-state index contributed by atoms with van der Waals surface area (Å²) in [6, 6.07) is 13.0. The molecule has 0 bridgehead atoms. The summed E-state index contributed by atoms with van der Waals surface area (Å²) in [5, 5.41) is 14.2. The number of rotatable bonds is 5. The number of benzene rings is 2. The van der Waals surface area contributed by atoms with Crippen LogP contribution in [0.4, 0.5) is 5.69 Å². The van der Waals surface area contributed by atoms with E-state index in [9.17, 15) is 13.2 Å². The topological polar surface area (TPSA) is 110 Å². The molecule has 0 spiro atoms. The highest BCUT2D eigenvalue weighted by atomic mass is 32.2. The number of aromatic nitrogens is 4. The molecular formula is C20H22N6O3S. The van der Waals surface area contributed by atoms with E-state index in [0.717, 1.165) is 5.56 Å². The molecule has 0 saturated carbocycles. The SMILES string of the molecule is Cc1ccc(S(=O)(=O)N2CCC[C@H]2C(=O)Nc2cccc(-n3nnnc3C)c2)cc1. The zero-order valence-corrected chi connectivity index (χ0v) is 17.5. The average Bonchev–Trinajstić information content (AvgIpc) is 3.38. The maximum Gasteiger partial charge on any atom is 0.243 e. The van der Waals surface area contributed by atoms with E-state index in [0.29, 0.717) is 36.6 Å². The van der Waals surface area contributed by atoms with E-state index in [2.05, 4.69) is 20.8 Å². The molecule has 0 unspecified atom stereocenters. The lowest BCUT2D eigenvalue weighted by Crippen LogP contribution is -2.43. The van der Waals surface area contributed by atoms with Crippen LogP contribution in [0.3, 0.4) is 0 Å². The highest BCUT2D eigenvalue weighted by molar-refractivity contribution is 7.89. The van der Waals surface area contributed by atoms with Crippen molar-refractivity contribution in [1.29, 1.82) is 0 Å². The minimum atomic E-state index is -3.75. The largest absolute Gasteiger partial charge is 0.325 e. The van der Waals surface area contributed by atoms with Crippen molar-refractivity contribution >= 4 is 21.6 Å². The van der Waals surface area contributed by atoms with Gasteiger partial charge in [0.15, 0.2) is 5.82 Å². The number of nitrogens with one attached hydrogen (secondary N) is 1. The molecular weight excluding hydrogens is 404 g/mol. The standard InChI is InChI=1S/C20H22N6O3S/c1-14-8-10-18(11-9-14)30(28,29)25-12-4-7-19(25)20(27)21-16-5-3-6-17(13-16)26-15(2)22-23-24-26/h3,5-6,8-11,13,19H,4,7,12H2,1-2H3,(H,21,27)/t19-/m0/s1. The van der Waals surface area contributed by atoms with Gasteiger partial charge in [-0.25, -0.2) is 8.42 Å². The third-order valence-electron chi connectivity index (χ3n) is 5.12. The molecule has 156 valence electrons. The van der Waals surface area contributed by atoms with Gasteiger partial charge in [0.25, 0.3) is 0 Å². The molecule has 2 heterocycles. The lowest BCUT2D eigenvalue weighted by molar-refractivity contribution is -0.119. The summed E-state index contributed by atoms with van der Waals surface area (Å²) in [5.74, 6) is 0.262. The lowest BCUT2D eigenvalue weighted by Gasteiger charge is -2.23. The zero-order chi connectivity index (χ0) is 21.3. The van der Waals surface area contributed by atoms with E-state index in [1.165, 1.54) is 4.31 Å². The van der Waals surface area contributed by atoms with Gasteiger partial charge in [0.2, 0.25) is 15.9 Å². The van der Waals surface area contributed by atoms with Crippen LogP contribution in [0.15, 0.2) is 53.4 Å². The Morgan fingerprint density at radius 1 is 1.13 bits per heavy atom. The quantitative estimate of drug-likeness (QED) is 0.669. The first-order valence-corrected chi connectivity index (χ1v) is 11.0. The molecule has 1 atom stereocenters. The van der Waals surface area contributed by atoms with E-state index in [-0.39, 0.29) is 10.8 Å². The predicted molar refractivity (Wildman–Crippen MR) is 111 cm³/mol. The molecule has 30 heavy (non-hydrogen) atoms. The Bertz CT molecular complexity index is 1170. The van der Waals surface area contributed by atoms with Crippen LogP contribution < -0.4 is 5.32 Å². The molecule has 2 aromatic carbocycles. The van der Waals surface area contributed by atoms with E-state index in [1.54, 1.807) is 54.1 Å². The molecule has 1 N–H and O–H groups in total. The Morgan fingerprint density at radius 2 is 1.90 bits per heavy atom. The van der Waals surface area contributed by atoms with Crippen LogP contribution >= 0.6 is 0 Å². The average molecular weight is 427 g/mol. The maximum atomic E-state index is 13.1. The fraction of sp³-hybridized carbons (Fsp3) is 0.300. The number of hydrogen-bond donors (Lipinski definition) is 1. The minimum Gasteiger partial charge on any atom is -0.325 e. The van der Waals surface area contributed by atoms with Gasteiger partial charge in [0.05, 0.1) is 10.6 Å². The van der Waals surface area contributed by atoms with Crippen LogP contribution in [-0.4, -0.2) is 51.4 Å². The summed E-state index contributed by atoms with van der Waals surface area (Å²) >= 11 is 0. The third kappa shape index (κ3) is 3.83. The highest BCUT2D eigenvalue weighted by Crippen LogP contribution is 2.27. The first-order chi connectivity index (χ1) is 14.4. The van der Waals surface area contributed by atoms with Crippen LogP contribution in [0.25, 0.3) is 5.69 Å². The molecule has 10 heteroatoms. The Balaban J connectivity index is 1.55. The summed E-state index contributed by atoms with van der Waals surface area (Å²) < 4.78 is 29.0. The first-order valence-electron chi connectivity index (χ1n) is 9.61. The van der Waals surface area contributed by atoms with Crippen molar-refractivity contribution in [3.8, 4) is 5.69 Å². The van der Waals surface area contributed by atoms with Gasteiger partial charge in [0, 0.05) is 12.2 Å². The minimum absolute atomic E-state index is 0.198. The van der Waals surface area contributed by atoms with Crippen molar-refractivity contribution in [2.75, 3.05) is 11.9 Å². The van der Waals surface area contributed by atoms with Crippen molar-refractivity contribution in [2.45, 2.75) is 37.6 Å². The van der Waals surface area contributed by atoms with Crippen molar-refractivity contribution in [3.63, 3.8) is 0 Å². The number of tetrazole rings is 1. The summed E-state index contributed by atoms with van der Waals surface area (Å²) in [6.45, 7) is 3.99. The predicted octanol–water partition coefficient (Wildman–Crippen LogP) is 2.07. The number of sulfonamides is 1. The van der Waals surface area contributed by atoms with E-state index < -0.39 is 16.1 Å². The second-order valence-electron chi connectivity index (χ2n) is 7.26. The van der Waals surface area contributed by atoms with Gasteiger partial charge in [-0.05, 0) is 67.4 Å². The molecule has 0 radical (unpaired) electrons. The summed E-state index contributed by atoms with van der Waals surface area (Å²) in [6.07, 6.45) is 1.11. The van der Waals surface area contributed by atoms with Gasteiger partial charge in [-0.15, -0.1) is 5.10 Å². The Morgan fingerprint density at radius 3 is 2.60 bits per heavy atom. The number of carbonyl (C=O) groups is 1. The third-order valence-corrected chi connectivity index (χ3v) is 7.04. The number of anilines is 1. The van der Waals surface area contributed by atoms with Gasteiger partial charge in [-0.3, -0.25) is 4.79 Å². The van der Waals surface area contributed by atoms with Crippen LogP contribution in [0.2, 0.25) is 0 Å². The number of amides is 1. The highest BCUT2D eigenvalue weighted by Gasteiger charge is 2.39. The molecule has 3 aromatic rings. The van der Waals surface area contributed by atoms with Gasteiger partial charge >= 0.3 is 0 Å². The van der Waals surface area contributed by atoms with Crippen molar-refractivity contribution < 1.29 is 13.2 Å². The summed E-state index contributed by atoms with van der Waals surface area (Å²) in [7, 11) is -3.75. The number of carbonyl (C=O) groups excluding carboxylic acids is 1. The fourth-order valence-electron chi connectivity index (χ4n) is 3.55. The lowest BCUT2D eigenvalue weighted by atomic mass is 10.2. The molecule has 1 aromatic heterocycles. The molecule has 1 aliphatic rings. The molecule has 1 saturated heterocycles. The molecule has 9 nitrogen and oxygen atoms in total. The summed E-state index contributed by atoms with van der Waals surface area (Å²) in [5.41, 5.74) is 2.22. The van der Waals surface area contributed by atoms with E-state index >= 15 is 0 Å². The van der Waals surface area contributed by atoms with E-state index in [4.69, 9.17) is 0 Å². The number of hydrogen-bond acceptors (Lipinski definition) is 6. The maximum absolute atomic E-state index is 13.1. The van der Waals surface area contributed by atoms with E-state index in [1.807, 2.05) is 13.0 Å². The Kier molecular flexibility index (Phi) is 5.35. The zero-order valence-electron chi connectivity index (χ0n) is 16.7. The molecule has 1 fully saturated rings. The summed E-state index contributed by atoms with van der Waals surface area (Å²) in [4.78, 5) is 13.2. The van der Waals surface area contributed by atoms with Gasteiger partial charge in [-0.1, -0.05) is 23.8 Å².